The number of carboxylic acid groups (broad SMARTS) is 1. The number of carbonyl (C=O) groups is 1. The molecular formula is C16H11ClN2O4S. The van der Waals surface area contributed by atoms with Gasteiger partial charge in [-0.05, 0) is 48.2 Å². The molecule has 3 aromatic rings. The number of aryl methyl sites for hydroxylation is 1. The van der Waals surface area contributed by atoms with Gasteiger partial charge in [-0.25, -0.2) is 4.79 Å². The molecule has 0 saturated heterocycles. The Morgan fingerprint density at radius 3 is 2.54 bits per heavy atom. The van der Waals surface area contributed by atoms with E-state index in [-0.39, 0.29) is 10.1 Å². The average molecular weight is 363 g/mol. The quantitative estimate of drug-likeness (QED) is 0.527. The fourth-order valence-electron chi connectivity index (χ4n) is 1.88. The summed E-state index contributed by atoms with van der Waals surface area (Å²) in [5, 5.41) is 17.5. The summed E-state index contributed by atoms with van der Waals surface area (Å²) in [6.07, 6.45) is 1.41. The molecule has 0 bridgehead atoms. The summed E-state index contributed by atoms with van der Waals surface area (Å²) in [5.74, 6) is 0.271. The fourth-order valence-corrected chi connectivity index (χ4v) is 2.70. The lowest BCUT2D eigenvalue weighted by atomic mass is 10.2. The van der Waals surface area contributed by atoms with Crippen LogP contribution in [0.1, 0.15) is 11.7 Å². The molecule has 0 atom stereocenters. The molecule has 0 spiro atoms. The van der Waals surface area contributed by atoms with E-state index in [2.05, 4.69) is 10.2 Å². The number of halogens is 1. The monoisotopic (exact) mass is 362 g/mol. The molecule has 24 heavy (non-hydrogen) atoms. The molecule has 0 amide bonds. The largest absolute Gasteiger partial charge is 0.477 e. The maximum Gasteiger partial charge on any atom is 0.342 e. The maximum atomic E-state index is 11.4. The third kappa shape index (κ3) is 3.87. The number of nitrogens with zero attached hydrogens (tertiary/aromatic N) is 2. The van der Waals surface area contributed by atoms with Crippen LogP contribution in [0.4, 0.5) is 0 Å². The minimum absolute atomic E-state index is 0.00987. The van der Waals surface area contributed by atoms with E-state index in [1.54, 1.807) is 31.2 Å². The molecule has 0 aliphatic carbocycles. The molecule has 1 N–H and O–H groups in total. The molecule has 122 valence electrons. The van der Waals surface area contributed by atoms with Gasteiger partial charge in [0.1, 0.15) is 16.4 Å². The van der Waals surface area contributed by atoms with Gasteiger partial charge in [0.2, 0.25) is 5.89 Å². The van der Waals surface area contributed by atoms with Crippen molar-refractivity contribution >= 4 is 35.4 Å². The van der Waals surface area contributed by atoms with Gasteiger partial charge in [-0.3, -0.25) is 0 Å². The molecule has 0 aliphatic heterocycles. The Labute approximate surface area is 146 Å². The predicted molar refractivity (Wildman–Crippen MR) is 89.7 cm³/mol. The van der Waals surface area contributed by atoms with Crippen molar-refractivity contribution in [3.63, 3.8) is 0 Å². The first-order chi connectivity index (χ1) is 11.5. The number of furan rings is 1. The van der Waals surface area contributed by atoms with Gasteiger partial charge in [-0.1, -0.05) is 11.6 Å². The molecule has 0 aliphatic rings. The van der Waals surface area contributed by atoms with E-state index in [0.29, 0.717) is 22.4 Å². The second kappa shape index (κ2) is 6.94. The first kappa shape index (κ1) is 16.4. The van der Waals surface area contributed by atoms with Gasteiger partial charge in [0.25, 0.3) is 5.22 Å². The van der Waals surface area contributed by atoms with Crippen LogP contribution in [-0.4, -0.2) is 21.3 Å². The number of benzene rings is 1. The van der Waals surface area contributed by atoms with Gasteiger partial charge in [0, 0.05) is 23.6 Å². The highest BCUT2D eigenvalue weighted by Crippen LogP contribution is 2.29. The molecule has 0 fully saturated rings. The van der Waals surface area contributed by atoms with Crippen LogP contribution < -0.4 is 0 Å². The molecule has 8 heteroatoms. The van der Waals surface area contributed by atoms with Crippen molar-refractivity contribution in [2.45, 2.75) is 12.1 Å². The topological polar surface area (TPSA) is 89.4 Å². The van der Waals surface area contributed by atoms with Crippen LogP contribution in [0.2, 0.25) is 5.02 Å². The summed E-state index contributed by atoms with van der Waals surface area (Å²) in [4.78, 5) is 11.4. The van der Waals surface area contributed by atoms with Crippen LogP contribution >= 0.6 is 23.4 Å². The van der Waals surface area contributed by atoms with Crippen molar-refractivity contribution in [2.75, 3.05) is 0 Å². The fraction of sp³-hybridized carbons (Fsp3) is 0.0625. The molecule has 1 aromatic carbocycles. The smallest absolute Gasteiger partial charge is 0.342 e. The van der Waals surface area contributed by atoms with E-state index in [4.69, 9.17) is 20.4 Å². The van der Waals surface area contributed by atoms with E-state index < -0.39 is 5.97 Å². The van der Waals surface area contributed by atoms with Crippen LogP contribution in [-0.2, 0) is 4.79 Å². The number of aromatic nitrogens is 2. The minimum Gasteiger partial charge on any atom is -0.477 e. The van der Waals surface area contributed by atoms with Gasteiger partial charge in [0.15, 0.2) is 0 Å². The van der Waals surface area contributed by atoms with Crippen molar-refractivity contribution in [3.05, 3.63) is 58.0 Å². The van der Waals surface area contributed by atoms with Gasteiger partial charge < -0.3 is 13.9 Å². The SMILES string of the molecule is Cc1nnc(S/C(=C/c2ccc(-c3ccc(Cl)cc3)o2)C(=O)O)o1. The zero-order valence-corrected chi connectivity index (χ0v) is 14.0. The van der Waals surface area contributed by atoms with Crippen LogP contribution in [0.5, 0.6) is 0 Å². The number of carboxylic acids is 1. The summed E-state index contributed by atoms with van der Waals surface area (Å²) >= 11 is 6.72. The number of hydrogen-bond acceptors (Lipinski definition) is 6. The Hall–Kier alpha value is -2.51. The van der Waals surface area contributed by atoms with Crippen molar-refractivity contribution in [3.8, 4) is 11.3 Å². The highest BCUT2D eigenvalue weighted by atomic mass is 35.5. The number of hydrogen-bond donors (Lipinski definition) is 1. The zero-order chi connectivity index (χ0) is 17.1. The third-order valence-corrected chi connectivity index (χ3v) is 4.05. The number of thioether (sulfide) groups is 1. The van der Waals surface area contributed by atoms with Crippen LogP contribution in [0.3, 0.4) is 0 Å². The Morgan fingerprint density at radius 2 is 1.92 bits per heavy atom. The standard InChI is InChI=1S/C16H11ClN2O4S/c1-9-18-19-16(22-9)24-14(15(20)21)8-12-6-7-13(23-12)10-2-4-11(17)5-3-10/h2-8H,1H3,(H,20,21)/b14-8+. The molecule has 0 radical (unpaired) electrons. The molecular weight excluding hydrogens is 352 g/mol. The van der Waals surface area contributed by atoms with Crippen LogP contribution in [0.15, 0.2) is 55.4 Å². The highest BCUT2D eigenvalue weighted by molar-refractivity contribution is 8.03. The predicted octanol–water partition coefficient (Wildman–Crippen LogP) is 4.51. The van der Waals surface area contributed by atoms with Crippen molar-refractivity contribution in [1.82, 2.24) is 10.2 Å². The lowest BCUT2D eigenvalue weighted by Gasteiger charge is -1.98. The first-order valence-electron chi connectivity index (χ1n) is 6.80. The second-order valence-electron chi connectivity index (χ2n) is 4.71. The van der Waals surface area contributed by atoms with Crippen LogP contribution in [0, 0.1) is 6.92 Å². The summed E-state index contributed by atoms with van der Waals surface area (Å²) in [6.45, 7) is 1.63. The van der Waals surface area contributed by atoms with Crippen LogP contribution in [0.25, 0.3) is 17.4 Å². The molecule has 3 rings (SSSR count). The summed E-state index contributed by atoms with van der Waals surface area (Å²) in [6, 6.07) is 10.6. The van der Waals surface area contributed by atoms with Gasteiger partial charge in [-0.2, -0.15) is 0 Å². The van der Waals surface area contributed by atoms with Crippen molar-refractivity contribution < 1.29 is 18.7 Å². The molecule has 0 unspecified atom stereocenters. The summed E-state index contributed by atoms with van der Waals surface area (Å²) in [5.41, 5.74) is 0.844. The first-order valence-corrected chi connectivity index (χ1v) is 7.99. The minimum atomic E-state index is -1.11. The van der Waals surface area contributed by atoms with E-state index in [1.165, 1.54) is 6.08 Å². The Morgan fingerprint density at radius 1 is 1.17 bits per heavy atom. The average Bonchev–Trinajstić information content (AvgIpc) is 3.17. The van der Waals surface area contributed by atoms with Crippen molar-refractivity contribution in [2.24, 2.45) is 0 Å². The lowest BCUT2D eigenvalue weighted by molar-refractivity contribution is -0.131. The van der Waals surface area contributed by atoms with E-state index in [1.807, 2.05) is 12.1 Å². The third-order valence-electron chi connectivity index (χ3n) is 2.94. The van der Waals surface area contributed by atoms with Gasteiger partial charge in [-0.15, -0.1) is 10.2 Å². The van der Waals surface area contributed by atoms with Gasteiger partial charge >= 0.3 is 5.97 Å². The number of rotatable bonds is 5. The Bertz CT molecular complexity index is 899. The molecule has 0 saturated carbocycles. The van der Waals surface area contributed by atoms with E-state index in [0.717, 1.165) is 17.3 Å². The zero-order valence-electron chi connectivity index (χ0n) is 12.4. The summed E-state index contributed by atoms with van der Waals surface area (Å²) < 4.78 is 10.9. The Balaban J connectivity index is 1.85. The molecule has 2 aromatic heterocycles. The number of aliphatic carboxylic acids is 1. The Kier molecular flexibility index (Phi) is 4.73. The van der Waals surface area contributed by atoms with E-state index >= 15 is 0 Å². The second-order valence-corrected chi connectivity index (χ2v) is 6.14. The van der Waals surface area contributed by atoms with Crippen molar-refractivity contribution in [1.29, 1.82) is 0 Å². The highest BCUT2D eigenvalue weighted by Gasteiger charge is 2.15. The maximum absolute atomic E-state index is 11.4. The lowest BCUT2D eigenvalue weighted by Crippen LogP contribution is -1.96. The molecule has 2 heterocycles. The van der Waals surface area contributed by atoms with E-state index in [9.17, 15) is 9.90 Å². The summed E-state index contributed by atoms with van der Waals surface area (Å²) in [7, 11) is 0. The normalized spacial score (nSPS) is 11.7. The van der Waals surface area contributed by atoms with Gasteiger partial charge in [0.05, 0.1) is 0 Å². The molecule has 6 nitrogen and oxygen atoms in total.